The van der Waals surface area contributed by atoms with E-state index >= 15 is 0 Å². The Labute approximate surface area is 146 Å². The molecule has 0 spiro atoms. The van der Waals surface area contributed by atoms with Crippen LogP contribution in [0.4, 0.5) is 4.79 Å². The van der Waals surface area contributed by atoms with Gasteiger partial charge in [0.1, 0.15) is 18.8 Å². The fourth-order valence-electron chi connectivity index (χ4n) is 2.36. The van der Waals surface area contributed by atoms with E-state index in [-0.39, 0.29) is 18.9 Å². The van der Waals surface area contributed by atoms with Gasteiger partial charge in [0.15, 0.2) is 5.78 Å². The fourth-order valence-corrected chi connectivity index (χ4v) is 2.36. The first-order chi connectivity index (χ1) is 12.0. The third-order valence-electron chi connectivity index (χ3n) is 3.69. The van der Waals surface area contributed by atoms with Gasteiger partial charge in [0.25, 0.3) is 0 Å². The van der Waals surface area contributed by atoms with Gasteiger partial charge in [-0.1, -0.05) is 54.6 Å². The quantitative estimate of drug-likeness (QED) is 0.670. The highest BCUT2D eigenvalue weighted by Gasteiger charge is 2.22. The summed E-state index contributed by atoms with van der Waals surface area (Å²) in [6.45, 7) is 1.29. The second kappa shape index (κ2) is 8.96. The van der Waals surface area contributed by atoms with Crippen molar-refractivity contribution in [1.82, 2.24) is 5.32 Å². The maximum atomic E-state index is 11.7. The van der Waals surface area contributed by atoms with E-state index in [1.807, 2.05) is 30.3 Å². The van der Waals surface area contributed by atoms with Crippen LogP contribution in [0.15, 0.2) is 54.6 Å². The number of Topliss-reactive ketones (excluding diaryl/α,β-unsaturated/α-hetero) is 1. The van der Waals surface area contributed by atoms with Gasteiger partial charge in [0, 0.05) is 12.1 Å². The molecule has 0 saturated heterocycles. The lowest BCUT2D eigenvalue weighted by Gasteiger charge is -2.20. The minimum absolute atomic E-state index is 0.110. The number of hydrogen-bond acceptors (Lipinski definition) is 5. The lowest BCUT2D eigenvalue weighted by Crippen LogP contribution is -2.36. The van der Waals surface area contributed by atoms with E-state index in [9.17, 15) is 19.8 Å². The van der Waals surface area contributed by atoms with Crippen molar-refractivity contribution in [3.8, 4) is 0 Å². The van der Waals surface area contributed by atoms with Crippen LogP contribution in [-0.2, 0) is 11.3 Å². The molecule has 1 amide bonds. The van der Waals surface area contributed by atoms with Gasteiger partial charge >= 0.3 is 6.09 Å². The summed E-state index contributed by atoms with van der Waals surface area (Å²) < 4.78 is 5.03. The number of alkyl carbamates (subject to hydrolysis) is 1. The molecule has 2 unspecified atom stereocenters. The van der Waals surface area contributed by atoms with Gasteiger partial charge in [-0.05, 0) is 18.1 Å². The highest BCUT2D eigenvalue weighted by molar-refractivity contribution is 5.95. The molecule has 6 nitrogen and oxygen atoms in total. The average molecular weight is 343 g/mol. The minimum atomic E-state index is -1.30. The number of carbonyl (C=O) groups excluding carboxylic acids is 2. The molecule has 0 bridgehead atoms. The summed E-state index contributed by atoms with van der Waals surface area (Å²) >= 11 is 0. The summed E-state index contributed by atoms with van der Waals surface area (Å²) in [6, 6.07) is 15.7. The summed E-state index contributed by atoms with van der Waals surface area (Å²) in [7, 11) is 0. The van der Waals surface area contributed by atoms with Gasteiger partial charge in [0.05, 0.1) is 0 Å². The monoisotopic (exact) mass is 343 g/mol. The zero-order valence-corrected chi connectivity index (χ0v) is 13.9. The van der Waals surface area contributed by atoms with Crippen molar-refractivity contribution in [2.45, 2.75) is 25.7 Å². The first-order valence-electron chi connectivity index (χ1n) is 7.89. The van der Waals surface area contributed by atoms with Gasteiger partial charge in [-0.15, -0.1) is 0 Å². The molecule has 0 saturated carbocycles. The predicted molar refractivity (Wildman–Crippen MR) is 92.0 cm³/mol. The molecule has 0 aliphatic heterocycles. The molecule has 2 aromatic carbocycles. The van der Waals surface area contributed by atoms with E-state index in [2.05, 4.69) is 5.32 Å². The van der Waals surface area contributed by atoms with Gasteiger partial charge in [-0.3, -0.25) is 4.79 Å². The molecule has 25 heavy (non-hydrogen) atoms. The number of ketones is 1. The van der Waals surface area contributed by atoms with Crippen LogP contribution in [0.1, 0.15) is 34.5 Å². The van der Waals surface area contributed by atoms with E-state index in [1.54, 1.807) is 24.3 Å². The van der Waals surface area contributed by atoms with Gasteiger partial charge in [-0.25, -0.2) is 4.79 Å². The van der Waals surface area contributed by atoms with Crippen LogP contribution in [0.3, 0.4) is 0 Å². The Morgan fingerprint density at radius 1 is 1.04 bits per heavy atom. The van der Waals surface area contributed by atoms with Crippen LogP contribution in [0.25, 0.3) is 0 Å². The third kappa shape index (κ3) is 5.41. The highest BCUT2D eigenvalue weighted by atomic mass is 16.5. The summed E-state index contributed by atoms with van der Waals surface area (Å²) in [5, 5.41) is 22.7. The van der Waals surface area contributed by atoms with Crippen molar-refractivity contribution >= 4 is 11.9 Å². The fraction of sp³-hybridized carbons (Fsp3) is 0.263. The standard InChI is InChI=1S/C19H21NO5/c1-13(21)15-9-5-6-10-16(15)18(23)17(22)11-20-19(24)25-12-14-7-3-2-4-8-14/h2-10,17-18,22-23H,11-12H2,1H3,(H,20,24). The number of hydrogen-bond donors (Lipinski definition) is 3. The van der Waals surface area contributed by atoms with E-state index in [4.69, 9.17) is 4.74 Å². The molecule has 2 aromatic rings. The number of carbonyl (C=O) groups is 2. The maximum Gasteiger partial charge on any atom is 0.407 e. The Morgan fingerprint density at radius 2 is 1.68 bits per heavy atom. The second-order valence-electron chi connectivity index (χ2n) is 5.60. The lowest BCUT2D eigenvalue weighted by atomic mass is 9.96. The number of rotatable bonds is 7. The van der Waals surface area contributed by atoms with Crippen LogP contribution < -0.4 is 5.32 Å². The van der Waals surface area contributed by atoms with Crippen LogP contribution in [0.5, 0.6) is 0 Å². The Kier molecular flexibility index (Phi) is 6.68. The number of aliphatic hydroxyl groups is 2. The zero-order chi connectivity index (χ0) is 18.2. The molecule has 0 aromatic heterocycles. The van der Waals surface area contributed by atoms with E-state index < -0.39 is 18.3 Å². The van der Waals surface area contributed by atoms with E-state index in [0.29, 0.717) is 11.1 Å². The lowest BCUT2D eigenvalue weighted by molar-refractivity contribution is 0.0179. The predicted octanol–water partition coefficient (Wildman–Crippen LogP) is 2.21. The molecular weight excluding hydrogens is 322 g/mol. The Morgan fingerprint density at radius 3 is 2.36 bits per heavy atom. The molecule has 2 rings (SSSR count). The number of amides is 1. The smallest absolute Gasteiger partial charge is 0.407 e. The first-order valence-corrected chi connectivity index (χ1v) is 7.89. The largest absolute Gasteiger partial charge is 0.445 e. The normalized spacial score (nSPS) is 12.9. The van der Waals surface area contributed by atoms with Gasteiger partial charge < -0.3 is 20.3 Å². The number of benzene rings is 2. The average Bonchev–Trinajstić information content (AvgIpc) is 2.64. The Hall–Kier alpha value is -2.70. The summed E-state index contributed by atoms with van der Waals surface area (Å²) in [5.41, 5.74) is 1.50. The topological polar surface area (TPSA) is 95.9 Å². The highest BCUT2D eigenvalue weighted by Crippen LogP contribution is 2.21. The molecule has 0 aliphatic carbocycles. The van der Waals surface area contributed by atoms with Crippen molar-refractivity contribution in [3.63, 3.8) is 0 Å². The van der Waals surface area contributed by atoms with Crippen LogP contribution >= 0.6 is 0 Å². The SMILES string of the molecule is CC(=O)c1ccccc1C(O)C(O)CNC(=O)OCc1ccccc1. The zero-order valence-electron chi connectivity index (χ0n) is 13.9. The molecule has 0 aliphatic rings. The molecule has 0 heterocycles. The van der Waals surface area contributed by atoms with Crippen LogP contribution in [-0.4, -0.2) is 34.7 Å². The van der Waals surface area contributed by atoms with Crippen molar-refractivity contribution < 1.29 is 24.5 Å². The molecule has 0 fully saturated rings. The summed E-state index contributed by atoms with van der Waals surface area (Å²) in [4.78, 5) is 23.3. The van der Waals surface area contributed by atoms with Crippen molar-refractivity contribution in [2.75, 3.05) is 6.54 Å². The molecule has 3 N–H and O–H groups in total. The molecule has 6 heteroatoms. The summed E-state index contributed by atoms with van der Waals surface area (Å²) in [6.07, 6.45) is -3.27. The minimum Gasteiger partial charge on any atom is -0.445 e. The Balaban J connectivity index is 1.86. The van der Waals surface area contributed by atoms with Gasteiger partial charge in [-0.2, -0.15) is 0 Å². The molecule has 132 valence electrons. The van der Waals surface area contributed by atoms with Gasteiger partial charge in [0.2, 0.25) is 0 Å². The molecular formula is C19H21NO5. The molecule has 2 atom stereocenters. The number of ether oxygens (including phenoxy) is 1. The van der Waals surface area contributed by atoms with Crippen LogP contribution in [0, 0.1) is 0 Å². The van der Waals surface area contributed by atoms with Crippen molar-refractivity contribution in [1.29, 1.82) is 0 Å². The molecule has 0 radical (unpaired) electrons. The van der Waals surface area contributed by atoms with Crippen molar-refractivity contribution in [3.05, 3.63) is 71.3 Å². The summed E-state index contributed by atoms with van der Waals surface area (Å²) in [5.74, 6) is -0.211. The van der Waals surface area contributed by atoms with Crippen molar-refractivity contribution in [2.24, 2.45) is 0 Å². The maximum absolute atomic E-state index is 11.7. The van der Waals surface area contributed by atoms with E-state index in [1.165, 1.54) is 6.92 Å². The number of nitrogens with one attached hydrogen (secondary N) is 1. The third-order valence-corrected chi connectivity index (χ3v) is 3.69. The van der Waals surface area contributed by atoms with E-state index in [0.717, 1.165) is 5.56 Å². The second-order valence-corrected chi connectivity index (χ2v) is 5.60. The first kappa shape index (κ1) is 18.6. The van der Waals surface area contributed by atoms with Crippen LogP contribution in [0.2, 0.25) is 0 Å². The number of aliphatic hydroxyl groups excluding tert-OH is 2. The Bertz CT molecular complexity index is 717.